The lowest BCUT2D eigenvalue weighted by Gasteiger charge is -2.09. The van der Waals surface area contributed by atoms with Crippen molar-refractivity contribution in [2.24, 2.45) is 0 Å². The number of hydrogen-bond acceptors (Lipinski definition) is 2. The molecule has 3 aromatic rings. The molecular formula is C19H20N2O2. The van der Waals surface area contributed by atoms with Crippen LogP contribution in [-0.4, -0.2) is 18.0 Å². The van der Waals surface area contributed by atoms with Gasteiger partial charge in [-0.25, -0.2) is 0 Å². The number of amides is 1. The molecule has 1 aromatic heterocycles. The summed E-state index contributed by atoms with van der Waals surface area (Å²) in [7, 11) is 1.64. The Morgan fingerprint density at radius 1 is 1.17 bits per heavy atom. The SMILES string of the molecule is COc1ccc2[nH]cc(CC(=O)Nc3cc(C)ccc3C)c2c1. The van der Waals surface area contributed by atoms with Crippen LogP contribution in [0.15, 0.2) is 42.6 Å². The first-order valence-corrected chi connectivity index (χ1v) is 7.58. The van der Waals surface area contributed by atoms with Gasteiger partial charge in [0.25, 0.3) is 0 Å². The monoisotopic (exact) mass is 308 g/mol. The summed E-state index contributed by atoms with van der Waals surface area (Å²) in [6.07, 6.45) is 2.20. The summed E-state index contributed by atoms with van der Waals surface area (Å²) in [5.74, 6) is 0.760. The van der Waals surface area contributed by atoms with Crippen molar-refractivity contribution in [1.29, 1.82) is 0 Å². The van der Waals surface area contributed by atoms with Crippen LogP contribution in [0, 0.1) is 13.8 Å². The fourth-order valence-electron chi connectivity index (χ4n) is 2.67. The number of methoxy groups -OCH3 is 1. The van der Waals surface area contributed by atoms with Crippen LogP contribution in [0.4, 0.5) is 5.69 Å². The van der Waals surface area contributed by atoms with E-state index in [0.29, 0.717) is 6.42 Å². The number of aromatic nitrogens is 1. The van der Waals surface area contributed by atoms with E-state index < -0.39 is 0 Å². The van der Waals surface area contributed by atoms with E-state index in [-0.39, 0.29) is 5.91 Å². The van der Waals surface area contributed by atoms with Crippen LogP contribution in [0.25, 0.3) is 10.9 Å². The number of nitrogens with one attached hydrogen (secondary N) is 2. The maximum Gasteiger partial charge on any atom is 0.228 e. The lowest BCUT2D eigenvalue weighted by atomic mass is 10.1. The normalized spacial score (nSPS) is 10.7. The van der Waals surface area contributed by atoms with Gasteiger partial charge in [0.2, 0.25) is 5.91 Å². The third kappa shape index (κ3) is 3.21. The first-order valence-electron chi connectivity index (χ1n) is 7.58. The molecule has 0 aliphatic heterocycles. The summed E-state index contributed by atoms with van der Waals surface area (Å²) >= 11 is 0. The van der Waals surface area contributed by atoms with Crippen LogP contribution in [0.3, 0.4) is 0 Å². The number of anilines is 1. The molecule has 0 aliphatic rings. The standard InChI is InChI=1S/C19H20N2O2/c1-12-4-5-13(2)18(8-12)21-19(22)9-14-11-20-17-7-6-15(23-3)10-16(14)17/h4-8,10-11,20H,9H2,1-3H3,(H,21,22). The van der Waals surface area contributed by atoms with Crippen LogP contribution in [0.2, 0.25) is 0 Å². The van der Waals surface area contributed by atoms with Gasteiger partial charge in [-0.1, -0.05) is 12.1 Å². The predicted molar refractivity (Wildman–Crippen MR) is 93.1 cm³/mol. The van der Waals surface area contributed by atoms with Gasteiger partial charge in [-0.2, -0.15) is 0 Å². The van der Waals surface area contributed by atoms with Crippen LogP contribution < -0.4 is 10.1 Å². The molecule has 1 heterocycles. The van der Waals surface area contributed by atoms with Gasteiger partial charge >= 0.3 is 0 Å². The highest BCUT2D eigenvalue weighted by molar-refractivity contribution is 5.96. The Morgan fingerprint density at radius 2 is 2.00 bits per heavy atom. The molecular weight excluding hydrogens is 288 g/mol. The second-order valence-electron chi connectivity index (χ2n) is 5.77. The molecule has 0 aliphatic carbocycles. The zero-order chi connectivity index (χ0) is 16.4. The minimum Gasteiger partial charge on any atom is -0.497 e. The number of aryl methyl sites for hydroxylation is 2. The number of benzene rings is 2. The highest BCUT2D eigenvalue weighted by atomic mass is 16.5. The lowest BCUT2D eigenvalue weighted by molar-refractivity contribution is -0.115. The molecule has 23 heavy (non-hydrogen) atoms. The van der Waals surface area contributed by atoms with Crippen molar-refractivity contribution in [3.05, 3.63) is 59.3 Å². The molecule has 0 fully saturated rings. The molecule has 2 aromatic carbocycles. The first-order chi connectivity index (χ1) is 11.1. The predicted octanol–water partition coefficient (Wildman–Crippen LogP) is 3.97. The largest absolute Gasteiger partial charge is 0.497 e. The van der Waals surface area contributed by atoms with E-state index in [2.05, 4.69) is 10.3 Å². The van der Waals surface area contributed by atoms with Gasteiger partial charge in [0, 0.05) is 22.8 Å². The summed E-state index contributed by atoms with van der Waals surface area (Å²) in [6, 6.07) is 11.9. The van der Waals surface area contributed by atoms with Gasteiger partial charge in [0.05, 0.1) is 13.5 Å². The zero-order valence-corrected chi connectivity index (χ0v) is 13.6. The Hall–Kier alpha value is -2.75. The highest BCUT2D eigenvalue weighted by Gasteiger charge is 2.11. The molecule has 118 valence electrons. The topological polar surface area (TPSA) is 54.1 Å². The van der Waals surface area contributed by atoms with Crippen LogP contribution in [-0.2, 0) is 11.2 Å². The minimum atomic E-state index is -0.0255. The van der Waals surface area contributed by atoms with Crippen molar-refractivity contribution in [3.63, 3.8) is 0 Å². The molecule has 0 spiro atoms. The average molecular weight is 308 g/mol. The molecule has 1 amide bonds. The average Bonchev–Trinajstić information content (AvgIpc) is 2.93. The molecule has 0 saturated heterocycles. The maximum absolute atomic E-state index is 12.4. The fraction of sp³-hybridized carbons (Fsp3) is 0.211. The Bertz CT molecular complexity index is 865. The molecule has 0 unspecified atom stereocenters. The number of aromatic amines is 1. The van der Waals surface area contributed by atoms with Crippen molar-refractivity contribution in [3.8, 4) is 5.75 Å². The molecule has 4 heteroatoms. The molecule has 0 radical (unpaired) electrons. The maximum atomic E-state index is 12.4. The van der Waals surface area contributed by atoms with Crippen LogP contribution >= 0.6 is 0 Å². The van der Waals surface area contributed by atoms with E-state index in [0.717, 1.165) is 39.0 Å². The zero-order valence-electron chi connectivity index (χ0n) is 13.6. The van der Waals surface area contributed by atoms with Crippen molar-refractivity contribution < 1.29 is 9.53 Å². The van der Waals surface area contributed by atoms with Crippen molar-refractivity contribution in [2.45, 2.75) is 20.3 Å². The number of fused-ring (bicyclic) bond motifs is 1. The highest BCUT2D eigenvalue weighted by Crippen LogP contribution is 2.24. The smallest absolute Gasteiger partial charge is 0.228 e. The van der Waals surface area contributed by atoms with Crippen LogP contribution in [0.5, 0.6) is 5.75 Å². The Morgan fingerprint density at radius 3 is 2.78 bits per heavy atom. The van der Waals surface area contributed by atoms with Gasteiger partial charge in [0.15, 0.2) is 0 Å². The Balaban J connectivity index is 1.81. The van der Waals surface area contributed by atoms with E-state index in [1.165, 1.54) is 0 Å². The van der Waals surface area contributed by atoms with Crippen molar-refractivity contribution >= 4 is 22.5 Å². The lowest BCUT2D eigenvalue weighted by Crippen LogP contribution is -2.15. The summed E-state index contributed by atoms with van der Waals surface area (Å²) < 4.78 is 5.26. The minimum absolute atomic E-state index is 0.0255. The molecule has 4 nitrogen and oxygen atoms in total. The molecule has 0 saturated carbocycles. The van der Waals surface area contributed by atoms with Gasteiger partial charge in [-0.05, 0) is 54.8 Å². The van der Waals surface area contributed by atoms with E-state index in [1.54, 1.807) is 7.11 Å². The Kier molecular flexibility index (Phi) is 4.06. The summed E-state index contributed by atoms with van der Waals surface area (Å²) in [5, 5.41) is 4.01. The number of hydrogen-bond donors (Lipinski definition) is 2. The van der Waals surface area contributed by atoms with Gasteiger partial charge in [0.1, 0.15) is 5.75 Å². The summed E-state index contributed by atoms with van der Waals surface area (Å²) in [5.41, 5.74) is 5.02. The van der Waals surface area contributed by atoms with Crippen molar-refractivity contribution in [2.75, 3.05) is 12.4 Å². The molecule has 3 rings (SSSR count). The molecule has 0 atom stereocenters. The number of rotatable bonds is 4. The third-order valence-corrected chi connectivity index (χ3v) is 3.99. The van der Waals surface area contributed by atoms with Gasteiger partial charge in [-0.15, -0.1) is 0 Å². The first kappa shape index (κ1) is 15.2. The summed E-state index contributed by atoms with van der Waals surface area (Å²) in [6.45, 7) is 4.01. The van der Waals surface area contributed by atoms with E-state index in [9.17, 15) is 4.79 Å². The van der Waals surface area contributed by atoms with Gasteiger partial charge < -0.3 is 15.0 Å². The van der Waals surface area contributed by atoms with E-state index >= 15 is 0 Å². The third-order valence-electron chi connectivity index (χ3n) is 3.99. The fourth-order valence-corrected chi connectivity index (χ4v) is 2.67. The molecule has 0 bridgehead atoms. The van der Waals surface area contributed by atoms with Crippen LogP contribution in [0.1, 0.15) is 16.7 Å². The quantitative estimate of drug-likeness (QED) is 0.766. The Labute approximate surface area is 135 Å². The van der Waals surface area contributed by atoms with E-state index in [4.69, 9.17) is 4.74 Å². The number of carbonyl (C=O) groups is 1. The van der Waals surface area contributed by atoms with Gasteiger partial charge in [-0.3, -0.25) is 4.79 Å². The molecule has 2 N–H and O–H groups in total. The summed E-state index contributed by atoms with van der Waals surface area (Å²) in [4.78, 5) is 15.6. The second-order valence-corrected chi connectivity index (χ2v) is 5.77. The van der Waals surface area contributed by atoms with E-state index in [1.807, 2.05) is 56.4 Å². The number of ether oxygens (including phenoxy) is 1. The second kappa shape index (κ2) is 6.16. The number of H-pyrrole nitrogens is 1. The van der Waals surface area contributed by atoms with Crippen molar-refractivity contribution in [1.82, 2.24) is 4.98 Å². The number of carbonyl (C=O) groups excluding carboxylic acids is 1.